The van der Waals surface area contributed by atoms with Crippen LogP contribution in [0.4, 0.5) is 0 Å². The Morgan fingerprint density at radius 3 is 1.28 bits per heavy atom. The van der Waals surface area contributed by atoms with E-state index in [1.807, 2.05) is 0 Å². The van der Waals surface area contributed by atoms with Crippen molar-refractivity contribution in [2.24, 2.45) is 23.7 Å². The fourth-order valence-electron chi connectivity index (χ4n) is 3.13. The predicted molar refractivity (Wildman–Crippen MR) is 61.8 cm³/mol. The lowest BCUT2D eigenvalue weighted by atomic mass is 9.62. The third kappa shape index (κ3) is 2.35. The van der Waals surface area contributed by atoms with E-state index in [1.54, 1.807) is 13.8 Å². The van der Waals surface area contributed by atoms with E-state index in [2.05, 4.69) is 0 Å². The molecule has 18 heavy (non-hydrogen) atoms. The van der Waals surface area contributed by atoms with E-state index in [-0.39, 0.29) is 0 Å². The van der Waals surface area contributed by atoms with Crippen LogP contribution in [-0.2, 0) is 9.59 Å². The first-order chi connectivity index (χ1) is 8.36. The van der Waals surface area contributed by atoms with Gasteiger partial charge in [-0.3, -0.25) is 9.59 Å². The molecule has 6 atom stereocenters. The number of carboxylic acid groups (broad SMARTS) is 2. The number of hydrogen-bond donors (Lipinski definition) is 4. The summed E-state index contributed by atoms with van der Waals surface area (Å²) in [6.45, 7) is 3.36. The Balaban J connectivity index is 3.21. The van der Waals surface area contributed by atoms with Gasteiger partial charge in [0, 0.05) is 11.8 Å². The van der Waals surface area contributed by atoms with Crippen LogP contribution in [0, 0.1) is 23.7 Å². The molecule has 6 unspecified atom stereocenters. The molecule has 0 saturated heterocycles. The minimum Gasteiger partial charge on any atom is -0.481 e. The number of aliphatic carboxylic acids is 2. The lowest BCUT2D eigenvalue weighted by Gasteiger charge is -2.44. The van der Waals surface area contributed by atoms with Crippen LogP contribution in [-0.4, -0.2) is 44.6 Å². The first-order valence-electron chi connectivity index (χ1n) is 6.18. The van der Waals surface area contributed by atoms with Gasteiger partial charge in [-0.25, -0.2) is 0 Å². The first-order valence-corrected chi connectivity index (χ1v) is 6.18. The molecule has 0 aromatic rings. The SMILES string of the molecule is CCC1C(O)C(O)C(CC)C(C(=O)O)C1C(=O)O. The van der Waals surface area contributed by atoms with Gasteiger partial charge in [-0.05, 0) is 12.8 Å². The molecule has 1 rings (SSSR count). The van der Waals surface area contributed by atoms with Crippen molar-refractivity contribution in [1.82, 2.24) is 0 Å². The number of rotatable bonds is 4. The maximum absolute atomic E-state index is 11.3. The summed E-state index contributed by atoms with van der Waals surface area (Å²) < 4.78 is 0. The van der Waals surface area contributed by atoms with E-state index in [0.717, 1.165) is 0 Å². The highest BCUT2D eigenvalue weighted by Gasteiger charge is 2.54. The Morgan fingerprint density at radius 2 is 1.11 bits per heavy atom. The molecule has 1 saturated carbocycles. The lowest BCUT2D eigenvalue weighted by Crippen LogP contribution is -2.56. The molecular formula is C12H20O6. The second-order valence-electron chi connectivity index (χ2n) is 4.85. The summed E-state index contributed by atoms with van der Waals surface area (Å²) in [5, 5.41) is 38.3. The van der Waals surface area contributed by atoms with Crippen molar-refractivity contribution < 1.29 is 30.0 Å². The summed E-state index contributed by atoms with van der Waals surface area (Å²) >= 11 is 0. The molecule has 0 bridgehead atoms. The molecule has 1 fully saturated rings. The van der Waals surface area contributed by atoms with Gasteiger partial charge in [-0.15, -0.1) is 0 Å². The standard InChI is InChI=1S/C12H20O6/c1-3-5-7(11(15)16)8(12(17)18)6(4-2)10(14)9(5)13/h5-10,13-14H,3-4H2,1-2H3,(H,15,16)(H,17,18). The van der Waals surface area contributed by atoms with Gasteiger partial charge in [0.05, 0.1) is 24.0 Å². The van der Waals surface area contributed by atoms with Crippen molar-refractivity contribution in [3.8, 4) is 0 Å². The molecule has 1 aliphatic carbocycles. The van der Waals surface area contributed by atoms with Gasteiger partial charge >= 0.3 is 11.9 Å². The van der Waals surface area contributed by atoms with Crippen LogP contribution in [0.5, 0.6) is 0 Å². The fraction of sp³-hybridized carbons (Fsp3) is 0.833. The Labute approximate surface area is 105 Å². The summed E-state index contributed by atoms with van der Waals surface area (Å²) in [7, 11) is 0. The molecule has 0 amide bonds. The van der Waals surface area contributed by atoms with Gasteiger partial charge in [0.1, 0.15) is 0 Å². The minimum absolute atomic E-state index is 0.315. The zero-order chi connectivity index (χ0) is 14.0. The van der Waals surface area contributed by atoms with Gasteiger partial charge in [-0.2, -0.15) is 0 Å². The second kappa shape index (κ2) is 5.67. The monoisotopic (exact) mass is 260 g/mol. The zero-order valence-corrected chi connectivity index (χ0v) is 10.5. The average molecular weight is 260 g/mol. The highest BCUT2D eigenvalue weighted by atomic mass is 16.4. The molecule has 0 aromatic heterocycles. The van der Waals surface area contributed by atoms with Gasteiger partial charge in [0.25, 0.3) is 0 Å². The van der Waals surface area contributed by atoms with Crippen LogP contribution in [0.1, 0.15) is 26.7 Å². The number of hydrogen-bond acceptors (Lipinski definition) is 4. The van der Waals surface area contributed by atoms with Crippen molar-refractivity contribution in [2.75, 3.05) is 0 Å². The maximum atomic E-state index is 11.3. The Hall–Kier alpha value is -1.14. The van der Waals surface area contributed by atoms with E-state index in [4.69, 9.17) is 0 Å². The molecule has 0 aliphatic heterocycles. The summed E-state index contributed by atoms with van der Waals surface area (Å²) in [6.07, 6.45) is -1.74. The second-order valence-corrected chi connectivity index (χ2v) is 4.85. The van der Waals surface area contributed by atoms with Crippen molar-refractivity contribution in [1.29, 1.82) is 0 Å². The summed E-state index contributed by atoms with van der Waals surface area (Å²) in [4.78, 5) is 22.6. The number of carboxylic acids is 2. The molecule has 1 aliphatic rings. The third-order valence-electron chi connectivity index (χ3n) is 4.05. The average Bonchev–Trinajstić information content (AvgIpc) is 2.30. The van der Waals surface area contributed by atoms with Crippen molar-refractivity contribution >= 4 is 11.9 Å². The molecule has 0 aromatic carbocycles. The minimum atomic E-state index is -1.22. The van der Waals surface area contributed by atoms with E-state index in [9.17, 15) is 30.0 Å². The molecule has 104 valence electrons. The molecular weight excluding hydrogens is 240 g/mol. The molecule has 0 radical (unpaired) electrons. The predicted octanol–water partition coefficient (Wildman–Crippen LogP) is 0.176. The number of aliphatic hydroxyl groups excluding tert-OH is 2. The van der Waals surface area contributed by atoms with E-state index < -0.39 is 47.8 Å². The van der Waals surface area contributed by atoms with Crippen LogP contribution < -0.4 is 0 Å². The van der Waals surface area contributed by atoms with Gasteiger partial charge in [-0.1, -0.05) is 13.8 Å². The van der Waals surface area contributed by atoms with E-state index in [0.29, 0.717) is 12.8 Å². The van der Waals surface area contributed by atoms with Gasteiger partial charge in [0.2, 0.25) is 0 Å². The largest absolute Gasteiger partial charge is 0.481 e. The van der Waals surface area contributed by atoms with Crippen LogP contribution in [0.25, 0.3) is 0 Å². The van der Waals surface area contributed by atoms with Crippen molar-refractivity contribution in [3.05, 3.63) is 0 Å². The quantitative estimate of drug-likeness (QED) is 0.573. The van der Waals surface area contributed by atoms with Crippen LogP contribution in [0.2, 0.25) is 0 Å². The Morgan fingerprint density at radius 1 is 0.833 bits per heavy atom. The Kier molecular flexibility index (Phi) is 4.70. The summed E-state index contributed by atoms with van der Waals surface area (Å²) in [6, 6.07) is 0. The lowest BCUT2D eigenvalue weighted by molar-refractivity contribution is -0.181. The van der Waals surface area contributed by atoms with Crippen molar-refractivity contribution in [3.63, 3.8) is 0 Å². The Bertz CT molecular complexity index is 297. The highest BCUT2D eigenvalue weighted by Crippen LogP contribution is 2.42. The molecule has 0 heterocycles. The van der Waals surface area contributed by atoms with E-state index >= 15 is 0 Å². The van der Waals surface area contributed by atoms with Gasteiger partial charge < -0.3 is 20.4 Å². The van der Waals surface area contributed by atoms with E-state index in [1.165, 1.54) is 0 Å². The maximum Gasteiger partial charge on any atom is 0.307 e. The van der Waals surface area contributed by atoms with Gasteiger partial charge in [0.15, 0.2) is 0 Å². The molecule has 4 N–H and O–H groups in total. The molecule has 6 nitrogen and oxygen atoms in total. The molecule has 0 spiro atoms. The number of aliphatic hydroxyl groups is 2. The smallest absolute Gasteiger partial charge is 0.307 e. The first kappa shape index (κ1) is 14.9. The number of carbonyl (C=O) groups is 2. The summed E-state index contributed by atoms with van der Waals surface area (Å²) in [5.41, 5.74) is 0. The molecule has 6 heteroatoms. The van der Waals surface area contributed by atoms with Crippen LogP contribution in [0.15, 0.2) is 0 Å². The van der Waals surface area contributed by atoms with Crippen LogP contribution >= 0.6 is 0 Å². The topological polar surface area (TPSA) is 115 Å². The normalized spacial score (nSPS) is 40.4. The highest BCUT2D eigenvalue weighted by molar-refractivity contribution is 5.81. The van der Waals surface area contributed by atoms with Crippen LogP contribution in [0.3, 0.4) is 0 Å². The summed E-state index contributed by atoms with van der Waals surface area (Å²) in [5.74, 6) is -6.23. The third-order valence-corrected chi connectivity index (χ3v) is 4.05. The fourth-order valence-corrected chi connectivity index (χ4v) is 3.13. The zero-order valence-electron chi connectivity index (χ0n) is 10.5. The van der Waals surface area contributed by atoms with Crippen molar-refractivity contribution in [2.45, 2.75) is 38.9 Å².